The van der Waals surface area contributed by atoms with E-state index >= 15 is 0 Å². The molecule has 0 unspecified atom stereocenters. The zero-order chi connectivity index (χ0) is 14.5. The Balaban J connectivity index is 2.05. The van der Waals surface area contributed by atoms with Crippen LogP contribution < -0.4 is 0 Å². The first kappa shape index (κ1) is 15.7. The van der Waals surface area contributed by atoms with Gasteiger partial charge in [0.15, 0.2) is 0 Å². The van der Waals surface area contributed by atoms with E-state index < -0.39 is 5.82 Å². The van der Waals surface area contributed by atoms with Crippen molar-refractivity contribution < 1.29 is 9.18 Å². The number of carbonyl (C=O) groups excluding carboxylic acids is 1. The molecule has 1 saturated heterocycles. The molecule has 1 aromatic rings. The summed E-state index contributed by atoms with van der Waals surface area (Å²) in [5.41, 5.74) is 0.100. The predicted octanol–water partition coefficient (Wildman–Crippen LogP) is 3.02. The molecule has 0 spiro atoms. The zero-order valence-electron chi connectivity index (χ0n) is 11.1. The van der Waals surface area contributed by atoms with Crippen LogP contribution in [0.5, 0.6) is 0 Å². The largest absolute Gasteiger partial charge is 0.337 e. The normalized spacial score (nSPS) is 17.1. The molecule has 1 heterocycles. The third kappa shape index (κ3) is 3.93. The smallest absolute Gasteiger partial charge is 0.256 e. The standard InChI is InChI=1S/C14H17BrClFN2O/c15-4-7-18-5-1-6-19(9-8-18)14(20)12-3-2-11(16)10-13(12)17/h2-3,10H,1,4-9H2. The summed E-state index contributed by atoms with van der Waals surface area (Å²) in [6, 6.07) is 4.19. The highest BCUT2D eigenvalue weighted by molar-refractivity contribution is 9.09. The number of alkyl halides is 1. The van der Waals surface area contributed by atoms with Crippen LogP contribution in [-0.2, 0) is 0 Å². The molecule has 0 atom stereocenters. The molecule has 110 valence electrons. The molecule has 1 amide bonds. The molecular formula is C14H17BrClFN2O. The van der Waals surface area contributed by atoms with Crippen LogP contribution in [-0.4, -0.2) is 53.8 Å². The number of rotatable bonds is 3. The molecule has 6 heteroatoms. The Hall–Kier alpha value is -0.650. The Morgan fingerprint density at radius 3 is 2.80 bits per heavy atom. The summed E-state index contributed by atoms with van der Waals surface area (Å²) in [6.45, 7) is 4.07. The molecule has 0 aromatic heterocycles. The lowest BCUT2D eigenvalue weighted by molar-refractivity contribution is 0.0757. The third-order valence-electron chi connectivity index (χ3n) is 3.44. The maximum absolute atomic E-state index is 13.8. The fraction of sp³-hybridized carbons (Fsp3) is 0.500. The van der Waals surface area contributed by atoms with Crippen LogP contribution in [0.1, 0.15) is 16.8 Å². The minimum atomic E-state index is -0.552. The lowest BCUT2D eigenvalue weighted by atomic mass is 10.2. The molecule has 1 aliphatic rings. The fourth-order valence-electron chi connectivity index (χ4n) is 2.35. The van der Waals surface area contributed by atoms with Gasteiger partial charge in [-0.15, -0.1) is 0 Å². The molecule has 1 fully saturated rings. The van der Waals surface area contributed by atoms with Crippen molar-refractivity contribution in [2.75, 3.05) is 38.1 Å². The molecule has 1 aromatic carbocycles. The summed E-state index contributed by atoms with van der Waals surface area (Å²) in [4.78, 5) is 16.4. The third-order valence-corrected chi connectivity index (χ3v) is 4.03. The van der Waals surface area contributed by atoms with Crippen LogP contribution in [0.4, 0.5) is 4.39 Å². The van der Waals surface area contributed by atoms with Gasteiger partial charge in [-0.1, -0.05) is 27.5 Å². The number of nitrogens with zero attached hydrogens (tertiary/aromatic N) is 2. The number of hydrogen-bond acceptors (Lipinski definition) is 2. The predicted molar refractivity (Wildman–Crippen MR) is 82.2 cm³/mol. The van der Waals surface area contributed by atoms with E-state index in [4.69, 9.17) is 11.6 Å². The van der Waals surface area contributed by atoms with Crippen molar-refractivity contribution in [3.63, 3.8) is 0 Å². The van der Waals surface area contributed by atoms with E-state index in [0.29, 0.717) is 18.1 Å². The molecule has 2 rings (SSSR count). The van der Waals surface area contributed by atoms with Crippen LogP contribution in [0.2, 0.25) is 5.02 Å². The van der Waals surface area contributed by atoms with Gasteiger partial charge in [-0.2, -0.15) is 0 Å². The lowest BCUT2D eigenvalue weighted by Gasteiger charge is -2.21. The average molecular weight is 364 g/mol. The molecule has 0 saturated carbocycles. The minimum Gasteiger partial charge on any atom is -0.337 e. The molecule has 0 radical (unpaired) electrons. The summed E-state index contributed by atoms with van der Waals surface area (Å²) < 4.78 is 13.8. The number of hydrogen-bond donors (Lipinski definition) is 0. The first-order chi connectivity index (χ1) is 9.61. The molecule has 0 aliphatic carbocycles. The monoisotopic (exact) mass is 362 g/mol. The van der Waals surface area contributed by atoms with Gasteiger partial charge in [-0.3, -0.25) is 4.79 Å². The maximum atomic E-state index is 13.8. The molecule has 20 heavy (non-hydrogen) atoms. The number of benzene rings is 1. The summed E-state index contributed by atoms with van der Waals surface area (Å²) in [5, 5.41) is 1.23. The summed E-state index contributed by atoms with van der Waals surface area (Å²) in [6.07, 6.45) is 0.911. The first-order valence-corrected chi connectivity index (χ1v) is 8.14. The summed E-state index contributed by atoms with van der Waals surface area (Å²) in [7, 11) is 0. The minimum absolute atomic E-state index is 0.100. The summed E-state index contributed by atoms with van der Waals surface area (Å²) >= 11 is 9.13. The Bertz CT molecular complexity index is 486. The second kappa shape index (κ2) is 7.38. The van der Waals surface area contributed by atoms with Gasteiger partial charge >= 0.3 is 0 Å². The molecule has 3 nitrogen and oxygen atoms in total. The quantitative estimate of drug-likeness (QED) is 0.771. The van der Waals surface area contributed by atoms with Gasteiger partial charge < -0.3 is 9.80 Å². The van der Waals surface area contributed by atoms with Gasteiger partial charge in [0.1, 0.15) is 5.82 Å². The zero-order valence-corrected chi connectivity index (χ0v) is 13.5. The SMILES string of the molecule is O=C(c1ccc(Cl)cc1F)N1CCCN(CCBr)CC1. The second-order valence-electron chi connectivity index (χ2n) is 4.80. The van der Waals surface area contributed by atoms with Crippen molar-refractivity contribution in [2.24, 2.45) is 0 Å². The van der Waals surface area contributed by atoms with Crippen molar-refractivity contribution in [3.8, 4) is 0 Å². The Morgan fingerprint density at radius 2 is 2.10 bits per heavy atom. The van der Waals surface area contributed by atoms with E-state index in [1.54, 1.807) is 11.0 Å². The Morgan fingerprint density at radius 1 is 1.30 bits per heavy atom. The molecular weight excluding hydrogens is 347 g/mol. The van der Waals surface area contributed by atoms with Crippen molar-refractivity contribution >= 4 is 33.4 Å². The van der Waals surface area contributed by atoms with Gasteiger partial charge in [0.25, 0.3) is 5.91 Å². The van der Waals surface area contributed by atoms with Crippen LogP contribution >= 0.6 is 27.5 Å². The lowest BCUT2D eigenvalue weighted by Crippen LogP contribution is -2.36. The van der Waals surface area contributed by atoms with E-state index in [0.717, 1.165) is 31.4 Å². The number of amides is 1. The highest BCUT2D eigenvalue weighted by atomic mass is 79.9. The van der Waals surface area contributed by atoms with Crippen molar-refractivity contribution in [1.29, 1.82) is 0 Å². The van der Waals surface area contributed by atoms with E-state index in [1.807, 2.05) is 0 Å². The van der Waals surface area contributed by atoms with E-state index in [-0.39, 0.29) is 11.5 Å². The van der Waals surface area contributed by atoms with Crippen molar-refractivity contribution in [2.45, 2.75) is 6.42 Å². The van der Waals surface area contributed by atoms with Crippen LogP contribution in [0.3, 0.4) is 0 Å². The Labute approximate surface area is 131 Å². The number of carbonyl (C=O) groups is 1. The molecule has 0 bridgehead atoms. The van der Waals surface area contributed by atoms with Gasteiger partial charge in [-0.25, -0.2) is 4.39 Å². The topological polar surface area (TPSA) is 23.6 Å². The highest BCUT2D eigenvalue weighted by Crippen LogP contribution is 2.17. The van der Waals surface area contributed by atoms with Crippen LogP contribution in [0.15, 0.2) is 18.2 Å². The van der Waals surface area contributed by atoms with Gasteiger partial charge in [0.05, 0.1) is 5.56 Å². The van der Waals surface area contributed by atoms with Gasteiger partial charge in [0, 0.05) is 36.5 Å². The number of halogens is 3. The van der Waals surface area contributed by atoms with E-state index in [2.05, 4.69) is 20.8 Å². The van der Waals surface area contributed by atoms with E-state index in [1.165, 1.54) is 12.1 Å². The molecule has 1 aliphatic heterocycles. The molecule has 0 N–H and O–H groups in total. The fourth-order valence-corrected chi connectivity index (χ4v) is 3.01. The highest BCUT2D eigenvalue weighted by Gasteiger charge is 2.22. The first-order valence-electron chi connectivity index (χ1n) is 6.64. The second-order valence-corrected chi connectivity index (χ2v) is 6.03. The Kier molecular flexibility index (Phi) is 5.81. The average Bonchev–Trinajstić information content (AvgIpc) is 2.64. The van der Waals surface area contributed by atoms with Crippen LogP contribution in [0, 0.1) is 5.82 Å². The van der Waals surface area contributed by atoms with Crippen molar-refractivity contribution in [1.82, 2.24) is 9.80 Å². The van der Waals surface area contributed by atoms with E-state index in [9.17, 15) is 9.18 Å². The maximum Gasteiger partial charge on any atom is 0.256 e. The van der Waals surface area contributed by atoms with Gasteiger partial charge in [-0.05, 0) is 31.2 Å². The van der Waals surface area contributed by atoms with Gasteiger partial charge in [0.2, 0.25) is 0 Å². The summed E-state index contributed by atoms with van der Waals surface area (Å²) in [5.74, 6) is -0.802. The van der Waals surface area contributed by atoms with Crippen LogP contribution in [0.25, 0.3) is 0 Å². The van der Waals surface area contributed by atoms with Crippen molar-refractivity contribution in [3.05, 3.63) is 34.6 Å².